The number of hydrogen-bond donors (Lipinski definition) is 1. The van der Waals surface area contributed by atoms with E-state index >= 15 is 0 Å². The van der Waals surface area contributed by atoms with Gasteiger partial charge >= 0.3 is 0 Å². The molecule has 20 heavy (non-hydrogen) atoms. The Hall–Kier alpha value is -1.39. The van der Waals surface area contributed by atoms with E-state index in [0.717, 1.165) is 30.1 Å². The Kier molecular flexibility index (Phi) is 4.03. The quantitative estimate of drug-likeness (QED) is 0.871. The van der Waals surface area contributed by atoms with Crippen molar-refractivity contribution in [2.75, 3.05) is 13.1 Å². The van der Waals surface area contributed by atoms with Crippen LogP contribution in [0.3, 0.4) is 0 Å². The maximum absolute atomic E-state index is 5.38. The summed E-state index contributed by atoms with van der Waals surface area (Å²) in [5.41, 5.74) is 2.56. The first kappa shape index (κ1) is 13.6. The molecule has 2 heterocycles. The molecule has 0 amide bonds. The number of H-pyrrole nitrogens is 1. The van der Waals surface area contributed by atoms with Crippen molar-refractivity contribution in [2.45, 2.75) is 32.4 Å². The third kappa shape index (κ3) is 3.02. The summed E-state index contributed by atoms with van der Waals surface area (Å²) in [6.07, 6.45) is 4.51. The van der Waals surface area contributed by atoms with Gasteiger partial charge in [0.25, 0.3) is 0 Å². The summed E-state index contributed by atoms with van der Waals surface area (Å²) in [5, 5.41) is 0. The fourth-order valence-corrected chi connectivity index (χ4v) is 3.36. The van der Waals surface area contributed by atoms with Gasteiger partial charge in [0.15, 0.2) is 4.77 Å². The highest BCUT2D eigenvalue weighted by Gasteiger charge is 2.21. The monoisotopic (exact) mass is 287 g/mol. The molecule has 1 aliphatic rings. The molecular weight excluding hydrogens is 266 g/mol. The fourth-order valence-electron chi connectivity index (χ4n) is 3.00. The number of nitrogens with one attached hydrogen (secondary N) is 1. The van der Waals surface area contributed by atoms with E-state index in [1.165, 1.54) is 18.4 Å². The van der Waals surface area contributed by atoms with E-state index in [4.69, 9.17) is 12.2 Å². The van der Waals surface area contributed by atoms with E-state index in [0.29, 0.717) is 6.04 Å². The average molecular weight is 287 g/mol. The molecule has 3 nitrogen and oxygen atoms in total. The van der Waals surface area contributed by atoms with E-state index < -0.39 is 0 Å². The highest BCUT2D eigenvalue weighted by molar-refractivity contribution is 7.71. The zero-order valence-electron chi connectivity index (χ0n) is 11.9. The van der Waals surface area contributed by atoms with E-state index in [2.05, 4.69) is 57.9 Å². The van der Waals surface area contributed by atoms with Crippen LogP contribution in [0.1, 0.15) is 30.1 Å². The molecule has 1 aliphatic heterocycles. The molecule has 106 valence electrons. The van der Waals surface area contributed by atoms with Crippen LogP contribution < -0.4 is 0 Å². The Morgan fingerprint density at radius 3 is 2.50 bits per heavy atom. The molecule has 1 aromatic carbocycles. The van der Waals surface area contributed by atoms with E-state index in [1.807, 2.05) is 0 Å². The lowest BCUT2D eigenvalue weighted by atomic mass is 10.0. The lowest BCUT2D eigenvalue weighted by Gasteiger charge is -2.32. The molecule has 1 aromatic heterocycles. The van der Waals surface area contributed by atoms with Crippen LogP contribution in [0.4, 0.5) is 0 Å². The lowest BCUT2D eigenvalue weighted by molar-refractivity contribution is 0.179. The summed E-state index contributed by atoms with van der Waals surface area (Å²) in [7, 11) is 0. The summed E-state index contributed by atoms with van der Waals surface area (Å²) >= 11 is 5.38. The zero-order valence-corrected chi connectivity index (χ0v) is 12.7. The number of likely N-dealkylation sites (tertiary alicyclic amines) is 1. The SMILES string of the molecule is Cc1cn(C2CCN(Cc3ccccc3)CC2)c(=S)[nH]1. The van der Waals surface area contributed by atoms with Gasteiger partial charge in [-0.1, -0.05) is 30.3 Å². The highest BCUT2D eigenvalue weighted by Crippen LogP contribution is 2.24. The number of piperidine rings is 1. The molecular formula is C16H21N3S. The Morgan fingerprint density at radius 1 is 1.20 bits per heavy atom. The van der Waals surface area contributed by atoms with Crippen LogP contribution in [-0.2, 0) is 6.54 Å². The van der Waals surface area contributed by atoms with Crippen molar-refractivity contribution < 1.29 is 0 Å². The standard InChI is InChI=1S/C16H21N3S/c1-13-11-19(16(20)17-13)15-7-9-18(10-8-15)12-14-5-3-2-4-6-14/h2-6,11,15H,7-10,12H2,1H3,(H,17,20). The summed E-state index contributed by atoms with van der Waals surface area (Å²) in [6.45, 7) is 5.42. The van der Waals surface area contributed by atoms with Crippen molar-refractivity contribution in [3.8, 4) is 0 Å². The first-order chi connectivity index (χ1) is 9.72. The summed E-state index contributed by atoms with van der Waals surface area (Å²) < 4.78 is 3.11. The Morgan fingerprint density at radius 2 is 1.90 bits per heavy atom. The highest BCUT2D eigenvalue weighted by atomic mass is 32.1. The largest absolute Gasteiger partial charge is 0.335 e. The van der Waals surface area contributed by atoms with Crippen LogP contribution in [0, 0.1) is 11.7 Å². The van der Waals surface area contributed by atoms with Gasteiger partial charge in [-0.05, 0) is 37.5 Å². The van der Waals surface area contributed by atoms with E-state index in [1.54, 1.807) is 0 Å². The maximum atomic E-state index is 5.38. The van der Waals surface area contributed by atoms with Crippen LogP contribution in [-0.4, -0.2) is 27.5 Å². The first-order valence-electron chi connectivity index (χ1n) is 7.26. The van der Waals surface area contributed by atoms with Crippen molar-refractivity contribution in [3.63, 3.8) is 0 Å². The van der Waals surface area contributed by atoms with Gasteiger partial charge in [0.2, 0.25) is 0 Å². The molecule has 4 heteroatoms. The average Bonchev–Trinajstić information content (AvgIpc) is 2.80. The Balaban J connectivity index is 1.60. The maximum Gasteiger partial charge on any atom is 0.177 e. The van der Waals surface area contributed by atoms with Crippen LogP contribution >= 0.6 is 12.2 Å². The summed E-state index contributed by atoms with van der Waals surface area (Å²) in [6, 6.07) is 11.3. The smallest absolute Gasteiger partial charge is 0.177 e. The molecule has 2 aromatic rings. The zero-order chi connectivity index (χ0) is 13.9. The predicted octanol–water partition coefficient (Wildman–Crippen LogP) is 3.69. The van der Waals surface area contributed by atoms with Crippen LogP contribution in [0.2, 0.25) is 0 Å². The van der Waals surface area contributed by atoms with Crippen molar-refractivity contribution >= 4 is 12.2 Å². The van der Waals surface area contributed by atoms with Gasteiger partial charge in [0, 0.05) is 37.6 Å². The molecule has 1 fully saturated rings. The molecule has 1 saturated heterocycles. The normalized spacial score (nSPS) is 17.4. The number of aryl methyl sites for hydroxylation is 1. The van der Waals surface area contributed by atoms with Crippen LogP contribution in [0.25, 0.3) is 0 Å². The molecule has 0 unspecified atom stereocenters. The molecule has 0 spiro atoms. The minimum atomic E-state index is 0.555. The summed E-state index contributed by atoms with van der Waals surface area (Å²) in [4.78, 5) is 5.76. The third-order valence-electron chi connectivity index (χ3n) is 4.07. The van der Waals surface area contributed by atoms with E-state index in [-0.39, 0.29) is 0 Å². The molecule has 0 aliphatic carbocycles. The van der Waals surface area contributed by atoms with Gasteiger partial charge in [-0.3, -0.25) is 4.90 Å². The van der Waals surface area contributed by atoms with Crippen molar-refractivity contribution in [3.05, 3.63) is 52.6 Å². The molecule has 1 N–H and O–H groups in total. The van der Waals surface area contributed by atoms with Gasteiger partial charge in [-0.15, -0.1) is 0 Å². The predicted molar refractivity (Wildman–Crippen MR) is 84.3 cm³/mol. The van der Waals surface area contributed by atoms with Gasteiger partial charge in [-0.25, -0.2) is 0 Å². The van der Waals surface area contributed by atoms with Crippen molar-refractivity contribution in [2.24, 2.45) is 0 Å². The number of aromatic amines is 1. The number of aromatic nitrogens is 2. The van der Waals surface area contributed by atoms with Gasteiger partial charge in [0.1, 0.15) is 0 Å². The van der Waals surface area contributed by atoms with E-state index in [9.17, 15) is 0 Å². The number of hydrogen-bond acceptors (Lipinski definition) is 2. The number of benzene rings is 1. The molecule has 0 radical (unpaired) electrons. The Labute approximate surface area is 125 Å². The minimum Gasteiger partial charge on any atom is -0.335 e. The number of imidazole rings is 1. The van der Waals surface area contributed by atoms with Crippen LogP contribution in [0.15, 0.2) is 36.5 Å². The molecule has 3 rings (SSSR count). The van der Waals surface area contributed by atoms with Gasteiger partial charge < -0.3 is 9.55 Å². The van der Waals surface area contributed by atoms with Crippen molar-refractivity contribution in [1.82, 2.24) is 14.5 Å². The molecule has 0 bridgehead atoms. The second-order valence-corrected chi connectivity index (χ2v) is 6.03. The minimum absolute atomic E-state index is 0.555. The Bertz CT molecular complexity index is 606. The molecule has 0 atom stereocenters. The topological polar surface area (TPSA) is 24.0 Å². The summed E-state index contributed by atoms with van der Waals surface area (Å²) in [5.74, 6) is 0. The first-order valence-corrected chi connectivity index (χ1v) is 7.67. The van der Waals surface area contributed by atoms with Crippen molar-refractivity contribution in [1.29, 1.82) is 0 Å². The second kappa shape index (κ2) is 5.94. The number of rotatable bonds is 3. The van der Waals surface area contributed by atoms with Crippen LogP contribution in [0.5, 0.6) is 0 Å². The molecule has 0 saturated carbocycles. The number of nitrogens with zero attached hydrogens (tertiary/aromatic N) is 2. The third-order valence-corrected chi connectivity index (χ3v) is 4.38. The van der Waals surface area contributed by atoms with Gasteiger partial charge in [0.05, 0.1) is 0 Å². The van der Waals surface area contributed by atoms with Gasteiger partial charge in [-0.2, -0.15) is 0 Å². The lowest BCUT2D eigenvalue weighted by Crippen LogP contribution is -2.34. The fraction of sp³-hybridized carbons (Fsp3) is 0.438. The second-order valence-electron chi connectivity index (χ2n) is 5.64.